The van der Waals surface area contributed by atoms with Crippen molar-refractivity contribution in [3.63, 3.8) is 0 Å². The van der Waals surface area contributed by atoms with E-state index in [4.69, 9.17) is 0 Å². The molecule has 1 heterocycles. The number of carbonyl (C=O) groups excluding carboxylic acids is 2. The second-order valence-corrected chi connectivity index (χ2v) is 6.10. The summed E-state index contributed by atoms with van der Waals surface area (Å²) < 4.78 is 25.5. The summed E-state index contributed by atoms with van der Waals surface area (Å²) in [5.74, 6) is -3.51. The van der Waals surface area contributed by atoms with Gasteiger partial charge in [-0.1, -0.05) is 6.07 Å². The molecule has 21 heavy (non-hydrogen) atoms. The number of rotatable bonds is 4. The molecule has 1 aliphatic rings. The summed E-state index contributed by atoms with van der Waals surface area (Å²) in [5.41, 5.74) is 1.63. The number of nitrogens with zero attached hydrogens (tertiary/aromatic N) is 1. The van der Waals surface area contributed by atoms with Crippen molar-refractivity contribution in [2.45, 2.75) is 24.7 Å². The number of hydrogen-bond donors (Lipinski definition) is 1. The minimum Gasteiger partial charge on any atom is -0.349 e. The zero-order chi connectivity index (χ0) is 15.6. The molecular formula is C14H16F2N2O2S. The molecule has 2 amide bonds. The Morgan fingerprint density at radius 1 is 1.48 bits per heavy atom. The summed E-state index contributed by atoms with van der Waals surface area (Å²) in [5, 5.41) is 2.15. The van der Waals surface area contributed by atoms with Gasteiger partial charge in [0.2, 0.25) is 11.8 Å². The molecule has 0 radical (unpaired) electrons. The fraction of sp³-hybridized carbons (Fsp3) is 0.429. The predicted molar refractivity (Wildman–Crippen MR) is 77.9 cm³/mol. The zero-order valence-electron chi connectivity index (χ0n) is 11.8. The van der Waals surface area contributed by atoms with Gasteiger partial charge in [0.1, 0.15) is 6.54 Å². The van der Waals surface area contributed by atoms with Gasteiger partial charge in [0.15, 0.2) is 0 Å². The molecule has 1 aromatic rings. The maximum absolute atomic E-state index is 12.7. The predicted octanol–water partition coefficient (Wildman–Crippen LogP) is 2.21. The molecular weight excluding hydrogens is 298 g/mol. The van der Waals surface area contributed by atoms with Crippen molar-refractivity contribution in [1.29, 1.82) is 0 Å². The lowest BCUT2D eigenvalue weighted by Crippen LogP contribution is -2.45. The SMILES string of the molecule is Cc1ccc2c(c1)N(CC(=O)NCC(C)(F)F)C(=O)CS2. The van der Waals surface area contributed by atoms with Crippen LogP contribution in [-0.2, 0) is 9.59 Å². The summed E-state index contributed by atoms with van der Waals surface area (Å²) >= 11 is 1.41. The molecule has 0 aromatic heterocycles. The molecule has 1 N–H and O–H groups in total. The third-order valence-electron chi connectivity index (χ3n) is 2.96. The van der Waals surface area contributed by atoms with Crippen LogP contribution >= 0.6 is 11.8 Å². The van der Waals surface area contributed by atoms with Gasteiger partial charge in [-0.2, -0.15) is 0 Å². The first-order chi connectivity index (χ1) is 9.76. The smallest absolute Gasteiger partial charge is 0.262 e. The maximum Gasteiger partial charge on any atom is 0.262 e. The molecule has 1 aliphatic heterocycles. The van der Waals surface area contributed by atoms with Crippen molar-refractivity contribution in [3.8, 4) is 0 Å². The Hall–Kier alpha value is -1.63. The molecule has 0 aliphatic carbocycles. The molecule has 0 saturated heterocycles. The number of carbonyl (C=O) groups is 2. The van der Waals surface area contributed by atoms with Crippen molar-refractivity contribution in [3.05, 3.63) is 23.8 Å². The molecule has 0 saturated carbocycles. The number of anilines is 1. The second-order valence-electron chi connectivity index (χ2n) is 5.09. The van der Waals surface area contributed by atoms with Crippen LogP contribution in [0, 0.1) is 6.92 Å². The largest absolute Gasteiger partial charge is 0.349 e. The first kappa shape index (κ1) is 15.8. The van der Waals surface area contributed by atoms with Gasteiger partial charge in [-0.15, -0.1) is 11.8 Å². The lowest BCUT2D eigenvalue weighted by molar-refractivity contribution is -0.124. The molecule has 0 spiro atoms. The third kappa shape index (κ3) is 4.17. The van der Waals surface area contributed by atoms with Crippen LogP contribution in [0.1, 0.15) is 12.5 Å². The number of benzene rings is 1. The highest BCUT2D eigenvalue weighted by Crippen LogP contribution is 2.35. The van der Waals surface area contributed by atoms with Crippen molar-refractivity contribution >= 4 is 29.3 Å². The Labute approximate surface area is 125 Å². The number of hydrogen-bond acceptors (Lipinski definition) is 3. The van der Waals surface area contributed by atoms with Crippen LogP contribution in [0.25, 0.3) is 0 Å². The van der Waals surface area contributed by atoms with Gasteiger partial charge >= 0.3 is 0 Å². The van der Waals surface area contributed by atoms with Crippen molar-refractivity contribution < 1.29 is 18.4 Å². The van der Waals surface area contributed by atoms with Crippen LogP contribution in [0.15, 0.2) is 23.1 Å². The Bertz CT molecular complexity index is 573. The number of fused-ring (bicyclic) bond motifs is 1. The Morgan fingerprint density at radius 3 is 2.86 bits per heavy atom. The van der Waals surface area contributed by atoms with Crippen molar-refractivity contribution in [2.24, 2.45) is 0 Å². The van der Waals surface area contributed by atoms with E-state index in [-0.39, 0.29) is 18.2 Å². The van der Waals surface area contributed by atoms with Gasteiger partial charge in [-0.25, -0.2) is 8.78 Å². The fourth-order valence-electron chi connectivity index (χ4n) is 1.94. The summed E-state index contributed by atoms with van der Waals surface area (Å²) in [6.07, 6.45) is 0. The van der Waals surface area contributed by atoms with Crippen LogP contribution in [0.2, 0.25) is 0 Å². The van der Waals surface area contributed by atoms with Gasteiger partial charge in [0.25, 0.3) is 5.92 Å². The lowest BCUT2D eigenvalue weighted by Gasteiger charge is -2.29. The third-order valence-corrected chi connectivity index (χ3v) is 4.00. The minimum absolute atomic E-state index is 0.198. The minimum atomic E-state index is -2.97. The van der Waals surface area contributed by atoms with Crippen LogP contribution in [-0.4, -0.2) is 36.6 Å². The number of thioether (sulfide) groups is 1. The van der Waals surface area contributed by atoms with Crippen molar-refractivity contribution in [1.82, 2.24) is 5.32 Å². The quantitative estimate of drug-likeness (QED) is 0.927. The molecule has 0 bridgehead atoms. The molecule has 114 valence electrons. The molecule has 7 heteroatoms. The van der Waals surface area contributed by atoms with Crippen LogP contribution in [0.5, 0.6) is 0 Å². The van der Waals surface area contributed by atoms with Crippen LogP contribution < -0.4 is 10.2 Å². The maximum atomic E-state index is 12.7. The van der Waals surface area contributed by atoms with E-state index in [1.165, 1.54) is 16.7 Å². The first-order valence-corrected chi connectivity index (χ1v) is 7.43. The highest BCUT2D eigenvalue weighted by Gasteiger charge is 2.28. The standard InChI is InChI=1S/C14H16F2N2O2S/c1-9-3-4-11-10(5-9)18(13(20)7-21-11)6-12(19)17-8-14(2,15)16/h3-5H,6-8H2,1-2H3,(H,17,19). The number of halogens is 2. The van der Waals surface area contributed by atoms with Crippen LogP contribution in [0.3, 0.4) is 0 Å². The summed E-state index contributed by atoms with van der Waals surface area (Å²) in [6, 6.07) is 5.64. The van der Waals surface area contributed by atoms with Gasteiger partial charge in [0, 0.05) is 11.8 Å². The number of nitrogens with one attached hydrogen (secondary N) is 1. The summed E-state index contributed by atoms with van der Waals surface area (Å²) in [4.78, 5) is 26.0. The molecule has 1 aromatic carbocycles. The molecule has 2 rings (SSSR count). The van der Waals surface area contributed by atoms with E-state index >= 15 is 0 Å². The molecule has 0 fully saturated rings. The van der Waals surface area contributed by atoms with Gasteiger partial charge < -0.3 is 10.2 Å². The normalized spacial score (nSPS) is 14.9. The summed E-state index contributed by atoms with van der Waals surface area (Å²) in [7, 11) is 0. The van der Waals surface area contributed by atoms with E-state index < -0.39 is 18.4 Å². The Balaban J connectivity index is 2.11. The van der Waals surface area contributed by atoms with E-state index in [9.17, 15) is 18.4 Å². The average molecular weight is 314 g/mol. The highest BCUT2D eigenvalue weighted by atomic mass is 32.2. The van der Waals surface area contributed by atoms with E-state index in [0.29, 0.717) is 5.69 Å². The molecule has 0 atom stereocenters. The number of alkyl halides is 2. The van der Waals surface area contributed by atoms with Crippen LogP contribution in [0.4, 0.5) is 14.5 Å². The van der Waals surface area contributed by atoms with Gasteiger partial charge in [-0.3, -0.25) is 9.59 Å². The Morgan fingerprint density at radius 2 is 2.19 bits per heavy atom. The van der Waals surface area contributed by atoms with Crippen molar-refractivity contribution in [2.75, 3.05) is 23.7 Å². The van der Waals surface area contributed by atoms with E-state index in [1.807, 2.05) is 25.1 Å². The number of aryl methyl sites for hydroxylation is 1. The molecule has 0 unspecified atom stereocenters. The fourth-order valence-corrected chi connectivity index (χ4v) is 2.85. The zero-order valence-corrected chi connectivity index (χ0v) is 12.6. The Kier molecular flexibility index (Phi) is 4.51. The first-order valence-electron chi connectivity index (χ1n) is 6.44. The van der Waals surface area contributed by atoms with E-state index in [0.717, 1.165) is 17.4 Å². The summed E-state index contributed by atoms with van der Waals surface area (Å²) in [6.45, 7) is 1.64. The van der Waals surface area contributed by atoms with Gasteiger partial charge in [-0.05, 0) is 24.6 Å². The van der Waals surface area contributed by atoms with Gasteiger partial charge in [0.05, 0.1) is 18.0 Å². The van der Waals surface area contributed by atoms with E-state index in [2.05, 4.69) is 5.32 Å². The molecule has 4 nitrogen and oxygen atoms in total. The number of amides is 2. The lowest BCUT2D eigenvalue weighted by atomic mass is 10.2. The van der Waals surface area contributed by atoms with E-state index in [1.54, 1.807) is 0 Å². The average Bonchev–Trinajstić information content (AvgIpc) is 2.39. The monoisotopic (exact) mass is 314 g/mol. The highest BCUT2D eigenvalue weighted by molar-refractivity contribution is 8.00. The topological polar surface area (TPSA) is 49.4 Å². The second kappa shape index (κ2) is 6.01.